The number of methoxy groups -OCH3 is 1. The zero-order valence-electron chi connectivity index (χ0n) is 18.1. The molecule has 0 saturated heterocycles. The second-order valence-electron chi connectivity index (χ2n) is 7.21. The molecule has 1 rings (SSSR count). The maximum atomic E-state index is 12.3. The number of hydrogen-bond donors (Lipinski definition) is 3. The van der Waals surface area contributed by atoms with Crippen LogP contribution in [0, 0.1) is 5.92 Å². The summed E-state index contributed by atoms with van der Waals surface area (Å²) in [6.45, 7) is 7.27. The average molecular weight is 445 g/mol. The molecular formula is C20H32N2O7S. The summed E-state index contributed by atoms with van der Waals surface area (Å²) in [4.78, 5) is 24.1. The highest BCUT2D eigenvalue weighted by Crippen LogP contribution is 2.32. The Morgan fingerprint density at radius 1 is 1.27 bits per heavy atom. The van der Waals surface area contributed by atoms with Gasteiger partial charge in [0.2, 0.25) is 5.91 Å². The summed E-state index contributed by atoms with van der Waals surface area (Å²) in [6, 6.07) is 3.50. The van der Waals surface area contributed by atoms with E-state index < -0.39 is 35.0 Å². The maximum Gasteiger partial charge on any atom is 0.328 e. The topological polar surface area (TPSA) is 125 Å². The minimum atomic E-state index is -2.04. The summed E-state index contributed by atoms with van der Waals surface area (Å²) in [5.41, 5.74) is 3.65. The van der Waals surface area contributed by atoms with Crippen molar-refractivity contribution in [2.75, 3.05) is 19.5 Å². The zero-order chi connectivity index (χ0) is 22.8. The molecule has 0 spiro atoms. The number of carbonyl (C=O) groups is 2. The molecule has 30 heavy (non-hydrogen) atoms. The fourth-order valence-electron chi connectivity index (χ4n) is 3.03. The summed E-state index contributed by atoms with van der Waals surface area (Å²) in [5, 5.41) is 10.8. The fourth-order valence-corrected chi connectivity index (χ4v) is 3.47. The Bertz CT molecular complexity index is 742. The van der Waals surface area contributed by atoms with Crippen LogP contribution in [-0.2, 0) is 20.7 Å². The molecule has 0 radical (unpaired) electrons. The van der Waals surface area contributed by atoms with E-state index in [2.05, 4.69) is 5.43 Å². The molecule has 9 nitrogen and oxygen atoms in total. The van der Waals surface area contributed by atoms with Gasteiger partial charge >= 0.3 is 5.97 Å². The summed E-state index contributed by atoms with van der Waals surface area (Å²) in [5.74, 6) is -0.583. The van der Waals surface area contributed by atoms with Gasteiger partial charge in [-0.15, -0.1) is 0 Å². The van der Waals surface area contributed by atoms with Gasteiger partial charge in [0.15, 0.2) is 22.6 Å². The number of amides is 1. The highest BCUT2D eigenvalue weighted by molar-refractivity contribution is 7.79. The minimum absolute atomic E-state index is 0.0451. The molecule has 170 valence electrons. The van der Waals surface area contributed by atoms with E-state index in [4.69, 9.17) is 9.47 Å². The Morgan fingerprint density at radius 2 is 1.93 bits per heavy atom. The third-order valence-electron chi connectivity index (χ3n) is 4.40. The van der Waals surface area contributed by atoms with Crippen LogP contribution < -0.4 is 14.9 Å². The summed E-state index contributed by atoms with van der Waals surface area (Å²) < 4.78 is 31.4. The molecule has 0 saturated carbocycles. The van der Waals surface area contributed by atoms with Crippen LogP contribution in [0.5, 0.6) is 11.5 Å². The van der Waals surface area contributed by atoms with E-state index in [1.165, 1.54) is 14.0 Å². The van der Waals surface area contributed by atoms with Crippen molar-refractivity contribution in [2.24, 2.45) is 5.92 Å². The molecule has 1 aromatic carbocycles. The van der Waals surface area contributed by atoms with Gasteiger partial charge in [-0.2, -0.15) is 0 Å². The highest BCUT2D eigenvalue weighted by atomic mass is 32.2. The normalized spacial score (nSPS) is 14.1. The molecule has 0 aliphatic heterocycles. The van der Waals surface area contributed by atoms with Gasteiger partial charge in [-0.25, -0.2) is 14.4 Å². The number of nitrogens with one attached hydrogen (secondary N) is 1. The minimum Gasteiger partial charge on any atom is -0.493 e. The molecular weight excluding hydrogens is 412 g/mol. The van der Waals surface area contributed by atoms with Crippen molar-refractivity contribution in [2.45, 2.75) is 52.6 Å². The number of carbonyl (C=O) groups excluding carboxylic acids is 1. The molecule has 0 heterocycles. The number of aliphatic carboxylic acids is 1. The van der Waals surface area contributed by atoms with E-state index in [9.17, 15) is 23.5 Å². The first kappa shape index (κ1) is 25.9. The Balaban J connectivity index is 3.31. The second kappa shape index (κ2) is 12.5. The van der Waals surface area contributed by atoms with Crippen molar-refractivity contribution in [1.29, 1.82) is 0 Å². The number of nitrogens with zero attached hydrogens (tertiary/aromatic N) is 1. The van der Waals surface area contributed by atoms with Crippen molar-refractivity contribution in [3.05, 3.63) is 23.8 Å². The van der Waals surface area contributed by atoms with E-state index in [0.717, 1.165) is 5.01 Å². The van der Waals surface area contributed by atoms with Crippen LogP contribution >= 0.6 is 0 Å². The lowest BCUT2D eigenvalue weighted by atomic mass is 10.0. The van der Waals surface area contributed by atoms with Crippen molar-refractivity contribution >= 4 is 23.0 Å². The van der Waals surface area contributed by atoms with Crippen LogP contribution in [0.15, 0.2) is 18.2 Å². The zero-order valence-corrected chi connectivity index (χ0v) is 18.9. The first-order chi connectivity index (χ1) is 14.1. The molecule has 3 atom stereocenters. The molecule has 3 N–H and O–H groups in total. The van der Waals surface area contributed by atoms with Gasteiger partial charge < -0.3 is 19.1 Å². The quantitative estimate of drug-likeness (QED) is 0.313. The molecule has 1 aromatic rings. The number of benzene rings is 1. The summed E-state index contributed by atoms with van der Waals surface area (Å²) in [6.07, 6.45) is 0.451. The predicted molar refractivity (Wildman–Crippen MR) is 114 cm³/mol. The number of carboxylic acids is 1. The standard InChI is InChI=1S/C20H32N2O7S/c1-6-29-19-12-15(7-8-18(19)28-5)16(9-10-30(26)27)21-22(14(4)23)17(20(24)25)11-13(2)3/h7-8,12-13,16-17,21H,6,9-11H2,1-5H3,(H,24,25)(H,26,27)/t16?,17-/m0/s1. The average Bonchev–Trinajstić information content (AvgIpc) is 2.66. The monoisotopic (exact) mass is 444 g/mol. The Hall–Kier alpha value is -2.17. The van der Waals surface area contributed by atoms with E-state index in [1.54, 1.807) is 18.2 Å². The smallest absolute Gasteiger partial charge is 0.328 e. The Kier molecular flexibility index (Phi) is 10.8. The SMILES string of the molecule is CCOc1cc(C(CCS(=O)O)NN(C(C)=O)[C@@H](CC(C)C)C(=O)O)ccc1OC. The number of hydrogen-bond acceptors (Lipinski definition) is 6. The fraction of sp³-hybridized carbons (Fsp3) is 0.600. The van der Waals surface area contributed by atoms with Gasteiger partial charge in [-0.1, -0.05) is 19.9 Å². The number of hydrazine groups is 1. The van der Waals surface area contributed by atoms with Gasteiger partial charge in [0, 0.05) is 6.92 Å². The third kappa shape index (κ3) is 7.92. The second-order valence-corrected chi connectivity index (χ2v) is 8.26. The van der Waals surface area contributed by atoms with E-state index >= 15 is 0 Å². The van der Waals surface area contributed by atoms with Crippen LogP contribution in [0.3, 0.4) is 0 Å². The number of rotatable bonds is 13. The van der Waals surface area contributed by atoms with Crippen molar-refractivity contribution in [3.63, 3.8) is 0 Å². The molecule has 0 fully saturated rings. The lowest BCUT2D eigenvalue weighted by molar-refractivity contribution is -0.154. The summed E-state index contributed by atoms with van der Waals surface area (Å²) in [7, 11) is 1.52. The first-order valence-corrected chi connectivity index (χ1v) is 11.0. The predicted octanol–water partition coefficient (Wildman–Crippen LogP) is 2.60. The van der Waals surface area contributed by atoms with E-state index in [0.29, 0.717) is 23.7 Å². The van der Waals surface area contributed by atoms with Crippen LogP contribution in [-0.4, -0.2) is 56.3 Å². The number of carboxylic acid groups (broad SMARTS) is 1. The third-order valence-corrected chi connectivity index (χ3v) is 4.98. The van der Waals surface area contributed by atoms with Gasteiger partial charge in [-0.3, -0.25) is 9.80 Å². The first-order valence-electron chi connectivity index (χ1n) is 9.77. The highest BCUT2D eigenvalue weighted by Gasteiger charge is 2.31. The largest absolute Gasteiger partial charge is 0.493 e. The van der Waals surface area contributed by atoms with Crippen molar-refractivity contribution in [3.8, 4) is 11.5 Å². The Labute approximate surface area is 180 Å². The van der Waals surface area contributed by atoms with Gasteiger partial charge in [-0.05, 0) is 43.4 Å². The van der Waals surface area contributed by atoms with Crippen LogP contribution in [0.2, 0.25) is 0 Å². The van der Waals surface area contributed by atoms with Crippen molar-refractivity contribution < 1.29 is 32.9 Å². The maximum absolute atomic E-state index is 12.3. The molecule has 1 amide bonds. The van der Waals surface area contributed by atoms with E-state index in [-0.39, 0.29) is 24.5 Å². The molecule has 10 heteroatoms. The van der Waals surface area contributed by atoms with Crippen LogP contribution in [0.1, 0.15) is 52.1 Å². The lowest BCUT2D eigenvalue weighted by Crippen LogP contribution is -2.53. The molecule has 0 aromatic heterocycles. The number of ether oxygens (including phenoxy) is 2. The molecule has 0 bridgehead atoms. The summed E-state index contributed by atoms with van der Waals surface area (Å²) >= 11 is -2.04. The van der Waals surface area contributed by atoms with Crippen LogP contribution in [0.4, 0.5) is 0 Å². The molecule has 2 unspecified atom stereocenters. The Morgan fingerprint density at radius 3 is 2.40 bits per heavy atom. The molecule has 0 aliphatic rings. The van der Waals surface area contributed by atoms with Gasteiger partial charge in [0.25, 0.3) is 0 Å². The van der Waals surface area contributed by atoms with Gasteiger partial charge in [0.1, 0.15) is 6.04 Å². The van der Waals surface area contributed by atoms with Gasteiger partial charge in [0.05, 0.1) is 25.5 Å². The molecule has 0 aliphatic carbocycles. The van der Waals surface area contributed by atoms with E-state index in [1.807, 2.05) is 20.8 Å². The van der Waals surface area contributed by atoms with Crippen LogP contribution in [0.25, 0.3) is 0 Å². The van der Waals surface area contributed by atoms with Crippen molar-refractivity contribution in [1.82, 2.24) is 10.4 Å². The lowest BCUT2D eigenvalue weighted by Gasteiger charge is -2.33.